The second-order valence-corrected chi connectivity index (χ2v) is 6.32. The number of hydrogen-bond acceptors (Lipinski definition) is 6. The number of carbonyl (C=O) groups excluding carboxylic acids is 2. The van der Waals surface area contributed by atoms with Crippen LogP contribution in [0.3, 0.4) is 0 Å². The summed E-state index contributed by atoms with van der Waals surface area (Å²) in [6.45, 7) is 2.99. The molecule has 0 saturated carbocycles. The van der Waals surface area contributed by atoms with Gasteiger partial charge in [-0.2, -0.15) is 5.26 Å². The number of halogens is 1. The Labute approximate surface area is 163 Å². The Balaban J connectivity index is 2.41. The number of hydrogen-bond donors (Lipinski definition) is 0. The molecule has 0 bridgehead atoms. The summed E-state index contributed by atoms with van der Waals surface area (Å²) in [5.41, 5.74) is 0.991. The second kappa shape index (κ2) is 7.60. The van der Waals surface area contributed by atoms with Crippen LogP contribution >= 0.6 is 15.9 Å². The van der Waals surface area contributed by atoms with Crippen LogP contribution in [0.1, 0.15) is 30.0 Å². The minimum atomic E-state index is -0.772. The third kappa shape index (κ3) is 3.41. The van der Waals surface area contributed by atoms with Crippen molar-refractivity contribution in [1.82, 2.24) is 9.55 Å². The molecule has 7 nitrogen and oxygen atoms in total. The van der Waals surface area contributed by atoms with Crippen LogP contribution < -0.4 is 4.74 Å². The Hall–Kier alpha value is -3.18. The molecule has 27 heavy (non-hydrogen) atoms. The molecular formula is C19H14BrN3O4. The van der Waals surface area contributed by atoms with Crippen LogP contribution in [0.2, 0.25) is 0 Å². The summed E-state index contributed by atoms with van der Waals surface area (Å²) in [6, 6.07) is 11.3. The first-order valence-corrected chi connectivity index (χ1v) is 8.82. The first-order chi connectivity index (χ1) is 13.0. The molecular weight excluding hydrogens is 414 g/mol. The van der Waals surface area contributed by atoms with Crippen molar-refractivity contribution < 1.29 is 19.1 Å². The highest BCUT2D eigenvalue weighted by Gasteiger charge is 2.27. The molecule has 0 aliphatic rings. The number of benzene rings is 1. The quantitative estimate of drug-likeness (QED) is 0.588. The number of carbonyl (C=O) groups is 2. The highest BCUT2D eigenvalue weighted by atomic mass is 79.9. The van der Waals surface area contributed by atoms with Crippen molar-refractivity contribution in [3.8, 4) is 17.5 Å². The van der Waals surface area contributed by atoms with Gasteiger partial charge in [-0.25, -0.2) is 9.78 Å². The van der Waals surface area contributed by atoms with E-state index in [-0.39, 0.29) is 23.7 Å². The molecule has 136 valence electrons. The molecule has 2 aromatic heterocycles. The normalized spacial score (nSPS) is 10.4. The fourth-order valence-corrected chi connectivity index (χ4v) is 3.28. The molecule has 0 radical (unpaired) electrons. The smallest absolute Gasteiger partial charge is 0.360 e. The van der Waals surface area contributed by atoms with Gasteiger partial charge < -0.3 is 14.0 Å². The fraction of sp³-hybridized carbons (Fsp3) is 0.158. The molecule has 1 aromatic carbocycles. The van der Waals surface area contributed by atoms with Crippen molar-refractivity contribution in [3.63, 3.8) is 0 Å². The number of pyridine rings is 1. The lowest BCUT2D eigenvalue weighted by Crippen LogP contribution is -2.14. The third-order valence-corrected chi connectivity index (χ3v) is 4.31. The van der Waals surface area contributed by atoms with Crippen LogP contribution in [0.15, 0.2) is 41.0 Å². The Morgan fingerprint density at radius 3 is 2.59 bits per heavy atom. The fourth-order valence-electron chi connectivity index (χ4n) is 2.71. The SMILES string of the molecule is CCOC(=O)c1nc(C#N)c2c(c(Br)cn2-c2ccccc2)c1OC(C)=O. The number of rotatable bonds is 4. The van der Waals surface area contributed by atoms with Crippen molar-refractivity contribution in [1.29, 1.82) is 5.26 Å². The van der Waals surface area contributed by atoms with E-state index in [1.807, 2.05) is 36.4 Å². The molecule has 0 aliphatic heterocycles. The van der Waals surface area contributed by atoms with Crippen LogP contribution in [-0.4, -0.2) is 28.1 Å². The summed E-state index contributed by atoms with van der Waals surface area (Å²) in [5, 5.41) is 10.0. The van der Waals surface area contributed by atoms with E-state index in [0.717, 1.165) is 5.69 Å². The standard InChI is InChI=1S/C19H14BrN3O4/c1-3-26-19(25)16-18(27-11(2)24)15-13(20)10-23(12-7-5-4-6-8-12)17(15)14(9-21)22-16/h4-8,10H,3H2,1-2H3. The van der Waals surface area contributed by atoms with Crippen molar-refractivity contribution in [3.05, 3.63) is 52.4 Å². The third-order valence-electron chi connectivity index (χ3n) is 3.70. The average Bonchev–Trinajstić information content (AvgIpc) is 3.00. The van der Waals surface area contributed by atoms with E-state index in [2.05, 4.69) is 20.9 Å². The zero-order chi connectivity index (χ0) is 19.6. The molecule has 0 spiro atoms. The van der Waals surface area contributed by atoms with Crippen molar-refractivity contribution in [2.45, 2.75) is 13.8 Å². The maximum atomic E-state index is 12.3. The monoisotopic (exact) mass is 427 g/mol. The summed E-state index contributed by atoms with van der Waals surface area (Å²) < 4.78 is 12.6. The van der Waals surface area contributed by atoms with Crippen LogP contribution in [0.4, 0.5) is 0 Å². The van der Waals surface area contributed by atoms with Crippen LogP contribution in [0.5, 0.6) is 5.75 Å². The minimum absolute atomic E-state index is 0.0125. The van der Waals surface area contributed by atoms with Gasteiger partial charge in [0.25, 0.3) is 0 Å². The van der Waals surface area contributed by atoms with Gasteiger partial charge in [0, 0.05) is 23.3 Å². The van der Waals surface area contributed by atoms with Gasteiger partial charge in [0.1, 0.15) is 6.07 Å². The summed E-state index contributed by atoms with van der Waals surface area (Å²) in [5.74, 6) is -1.43. The Bertz CT molecular complexity index is 1080. The predicted molar refractivity (Wildman–Crippen MR) is 101 cm³/mol. The summed E-state index contributed by atoms with van der Waals surface area (Å²) in [6.07, 6.45) is 1.73. The number of nitriles is 1. The molecule has 3 aromatic rings. The van der Waals surface area contributed by atoms with Crippen LogP contribution in [-0.2, 0) is 9.53 Å². The van der Waals surface area contributed by atoms with Crippen molar-refractivity contribution in [2.24, 2.45) is 0 Å². The number of ether oxygens (including phenoxy) is 2. The van der Waals surface area contributed by atoms with E-state index in [1.165, 1.54) is 6.92 Å². The first-order valence-electron chi connectivity index (χ1n) is 8.03. The van der Waals surface area contributed by atoms with Gasteiger partial charge in [-0.05, 0) is 35.0 Å². The predicted octanol–water partition coefficient (Wildman–Crippen LogP) is 3.76. The summed E-state index contributed by atoms with van der Waals surface area (Å²) >= 11 is 3.44. The van der Waals surface area contributed by atoms with E-state index in [0.29, 0.717) is 15.4 Å². The maximum Gasteiger partial charge on any atom is 0.360 e. The lowest BCUT2D eigenvalue weighted by Gasteiger charge is -2.12. The van der Waals surface area contributed by atoms with Gasteiger partial charge >= 0.3 is 11.9 Å². The second-order valence-electron chi connectivity index (χ2n) is 5.47. The van der Waals surface area contributed by atoms with Gasteiger partial charge in [-0.1, -0.05) is 18.2 Å². The van der Waals surface area contributed by atoms with Crippen molar-refractivity contribution >= 4 is 38.8 Å². The lowest BCUT2D eigenvalue weighted by atomic mass is 10.2. The van der Waals surface area contributed by atoms with Gasteiger partial charge in [-0.3, -0.25) is 4.79 Å². The molecule has 3 rings (SSSR count). The lowest BCUT2D eigenvalue weighted by molar-refractivity contribution is -0.131. The van der Waals surface area contributed by atoms with E-state index in [1.54, 1.807) is 17.7 Å². The van der Waals surface area contributed by atoms with E-state index >= 15 is 0 Å². The van der Waals surface area contributed by atoms with E-state index in [9.17, 15) is 14.9 Å². The number of nitrogens with zero attached hydrogens (tertiary/aromatic N) is 3. The molecule has 0 unspecified atom stereocenters. The maximum absolute atomic E-state index is 12.3. The molecule has 0 atom stereocenters. The van der Waals surface area contributed by atoms with Crippen molar-refractivity contribution in [2.75, 3.05) is 6.61 Å². The van der Waals surface area contributed by atoms with E-state index < -0.39 is 11.9 Å². The topological polar surface area (TPSA) is 94.2 Å². The zero-order valence-corrected chi connectivity index (χ0v) is 16.1. The van der Waals surface area contributed by atoms with Gasteiger partial charge in [-0.15, -0.1) is 0 Å². The van der Waals surface area contributed by atoms with Gasteiger partial charge in [0.2, 0.25) is 0 Å². The van der Waals surface area contributed by atoms with Gasteiger partial charge in [0.05, 0.1) is 17.5 Å². The van der Waals surface area contributed by atoms with E-state index in [4.69, 9.17) is 9.47 Å². The Kier molecular flexibility index (Phi) is 5.23. The van der Waals surface area contributed by atoms with Crippen LogP contribution in [0, 0.1) is 11.3 Å². The number of esters is 2. The number of aromatic nitrogens is 2. The minimum Gasteiger partial charge on any atom is -0.461 e. The van der Waals surface area contributed by atoms with Gasteiger partial charge in [0.15, 0.2) is 17.1 Å². The summed E-state index contributed by atoms with van der Waals surface area (Å²) in [7, 11) is 0. The highest BCUT2D eigenvalue weighted by molar-refractivity contribution is 9.10. The Morgan fingerprint density at radius 2 is 2.00 bits per heavy atom. The zero-order valence-electron chi connectivity index (χ0n) is 14.5. The average molecular weight is 428 g/mol. The molecule has 8 heteroatoms. The molecule has 0 saturated heterocycles. The summed E-state index contributed by atoms with van der Waals surface area (Å²) in [4.78, 5) is 28.1. The molecule has 0 aliphatic carbocycles. The largest absolute Gasteiger partial charge is 0.461 e. The number of fused-ring (bicyclic) bond motifs is 1. The molecule has 0 N–H and O–H groups in total. The highest BCUT2D eigenvalue weighted by Crippen LogP contribution is 2.39. The molecule has 0 amide bonds. The first kappa shape index (κ1) is 18.6. The van der Waals surface area contributed by atoms with Crippen LogP contribution in [0.25, 0.3) is 16.6 Å². The Morgan fingerprint density at radius 1 is 1.30 bits per heavy atom. The number of para-hydroxylation sites is 1. The molecule has 0 fully saturated rings. The molecule has 2 heterocycles.